The van der Waals surface area contributed by atoms with E-state index in [1.54, 1.807) is 11.3 Å². The van der Waals surface area contributed by atoms with E-state index in [2.05, 4.69) is 28.3 Å². The van der Waals surface area contributed by atoms with Crippen molar-refractivity contribution in [2.45, 2.75) is 13.3 Å². The van der Waals surface area contributed by atoms with Gasteiger partial charge in [0.25, 0.3) is 5.91 Å². The van der Waals surface area contributed by atoms with E-state index in [0.717, 1.165) is 76.5 Å². The Morgan fingerprint density at radius 1 is 0.944 bits per heavy atom. The molecule has 1 aliphatic heterocycles. The highest BCUT2D eigenvalue weighted by Crippen LogP contribution is 2.38. The molecule has 5 rings (SSSR count). The molecule has 1 N–H and O–H groups in total. The highest BCUT2D eigenvalue weighted by Gasteiger charge is 2.20. The fraction of sp³-hybridized carbons (Fsp3) is 0.286. The summed E-state index contributed by atoms with van der Waals surface area (Å²) in [4.78, 5) is 32.5. The van der Waals surface area contributed by atoms with Gasteiger partial charge in [0.1, 0.15) is 0 Å². The molecular formula is C28H30N6OS. The first-order valence-electron chi connectivity index (χ1n) is 12.2. The highest BCUT2D eigenvalue weighted by atomic mass is 32.1. The number of carbonyl (C=O) groups excluding carboxylic acids is 1. The van der Waals surface area contributed by atoms with Gasteiger partial charge >= 0.3 is 0 Å². The van der Waals surface area contributed by atoms with Crippen molar-refractivity contribution < 1.29 is 4.79 Å². The third-order valence-electron chi connectivity index (χ3n) is 6.43. The van der Waals surface area contributed by atoms with Crippen LogP contribution < -0.4 is 5.32 Å². The lowest BCUT2D eigenvalue weighted by Gasteiger charge is -2.20. The van der Waals surface area contributed by atoms with Crippen LogP contribution in [-0.4, -0.2) is 70.9 Å². The third kappa shape index (κ3) is 5.15. The van der Waals surface area contributed by atoms with E-state index in [9.17, 15) is 4.79 Å². The molecule has 1 fully saturated rings. The van der Waals surface area contributed by atoms with Gasteiger partial charge in [0.15, 0.2) is 5.13 Å². The van der Waals surface area contributed by atoms with Crippen LogP contribution in [0.15, 0.2) is 60.8 Å². The zero-order valence-corrected chi connectivity index (χ0v) is 21.7. The second-order valence-corrected chi connectivity index (χ2v) is 10.1. The Balaban J connectivity index is 1.42. The Kier molecular flexibility index (Phi) is 7.06. The van der Waals surface area contributed by atoms with Crippen LogP contribution >= 0.6 is 11.3 Å². The summed E-state index contributed by atoms with van der Waals surface area (Å²) >= 11 is 1.59. The number of hydrogen-bond acceptors (Lipinski definition) is 7. The maximum atomic E-state index is 13.0. The van der Waals surface area contributed by atoms with Gasteiger partial charge < -0.3 is 15.1 Å². The molecular weight excluding hydrogens is 468 g/mol. The topological polar surface area (TPSA) is 74.2 Å². The van der Waals surface area contributed by atoms with E-state index < -0.39 is 0 Å². The number of aryl methyl sites for hydroxylation is 1. The largest absolute Gasteiger partial charge is 0.365 e. The zero-order valence-electron chi connectivity index (χ0n) is 20.9. The van der Waals surface area contributed by atoms with E-state index in [1.807, 2.05) is 73.6 Å². The van der Waals surface area contributed by atoms with Gasteiger partial charge in [-0.05, 0) is 63.3 Å². The van der Waals surface area contributed by atoms with Crippen molar-refractivity contribution in [3.8, 4) is 33.1 Å². The molecule has 0 bridgehead atoms. The number of nitrogens with one attached hydrogen (secondary N) is 1. The molecule has 0 saturated carbocycles. The summed E-state index contributed by atoms with van der Waals surface area (Å²) < 4.78 is 0. The summed E-state index contributed by atoms with van der Waals surface area (Å²) in [6, 6.07) is 17.8. The fourth-order valence-corrected chi connectivity index (χ4v) is 5.33. The number of nitrogens with zero attached hydrogens (tertiary/aromatic N) is 5. The number of amides is 1. The minimum atomic E-state index is 0.0934. The Bertz CT molecular complexity index is 1370. The van der Waals surface area contributed by atoms with Crippen molar-refractivity contribution >= 4 is 22.4 Å². The van der Waals surface area contributed by atoms with Crippen LogP contribution in [0.3, 0.4) is 0 Å². The summed E-state index contributed by atoms with van der Waals surface area (Å²) in [5, 5.41) is 4.00. The van der Waals surface area contributed by atoms with Crippen LogP contribution in [0.1, 0.15) is 22.5 Å². The number of rotatable bonds is 5. The fourth-order valence-electron chi connectivity index (χ4n) is 4.42. The number of benzene rings is 1. The van der Waals surface area contributed by atoms with Crippen molar-refractivity contribution in [3.63, 3.8) is 0 Å². The predicted octanol–water partition coefficient (Wildman–Crippen LogP) is 5.06. The molecule has 1 amide bonds. The molecule has 7 nitrogen and oxygen atoms in total. The Labute approximate surface area is 215 Å². The van der Waals surface area contributed by atoms with Gasteiger partial charge in [-0.25, -0.2) is 4.98 Å². The minimum absolute atomic E-state index is 0.0934. The van der Waals surface area contributed by atoms with Crippen molar-refractivity contribution in [2.24, 2.45) is 0 Å². The molecule has 36 heavy (non-hydrogen) atoms. The molecule has 4 heterocycles. The molecule has 0 aliphatic carbocycles. The second-order valence-electron chi connectivity index (χ2n) is 9.07. The molecule has 8 heteroatoms. The molecule has 0 atom stereocenters. The van der Waals surface area contributed by atoms with E-state index in [4.69, 9.17) is 9.97 Å². The lowest BCUT2D eigenvalue weighted by atomic mass is 10.0. The lowest BCUT2D eigenvalue weighted by Crippen LogP contribution is -2.34. The smallest absolute Gasteiger partial charge is 0.253 e. The summed E-state index contributed by atoms with van der Waals surface area (Å²) in [5.41, 5.74) is 6.24. The number of likely N-dealkylation sites (N-methyl/N-ethyl adjacent to an activating group) is 1. The van der Waals surface area contributed by atoms with Crippen LogP contribution in [0.2, 0.25) is 0 Å². The maximum Gasteiger partial charge on any atom is 0.253 e. The average molecular weight is 499 g/mol. The van der Waals surface area contributed by atoms with E-state index >= 15 is 0 Å². The lowest BCUT2D eigenvalue weighted by molar-refractivity contribution is 0.0763. The Morgan fingerprint density at radius 3 is 2.56 bits per heavy atom. The minimum Gasteiger partial charge on any atom is -0.365 e. The van der Waals surface area contributed by atoms with Crippen molar-refractivity contribution in [1.82, 2.24) is 24.8 Å². The van der Waals surface area contributed by atoms with Crippen molar-refractivity contribution in [2.75, 3.05) is 45.6 Å². The molecule has 184 valence electrons. The van der Waals surface area contributed by atoms with Crippen LogP contribution in [0.25, 0.3) is 33.1 Å². The molecule has 0 spiro atoms. The molecule has 3 aromatic heterocycles. The van der Waals surface area contributed by atoms with Gasteiger partial charge in [-0.2, -0.15) is 0 Å². The van der Waals surface area contributed by atoms with E-state index in [0.29, 0.717) is 5.56 Å². The first-order valence-corrected chi connectivity index (χ1v) is 13.0. The number of hydrogen-bond donors (Lipinski definition) is 1. The normalized spacial score (nSPS) is 14.5. The average Bonchev–Trinajstić information content (AvgIpc) is 3.23. The molecule has 1 saturated heterocycles. The van der Waals surface area contributed by atoms with Gasteiger partial charge in [0.05, 0.1) is 22.0 Å². The Morgan fingerprint density at radius 2 is 1.78 bits per heavy atom. The molecule has 1 aliphatic rings. The van der Waals surface area contributed by atoms with Gasteiger partial charge in [-0.3, -0.25) is 14.8 Å². The monoisotopic (exact) mass is 498 g/mol. The zero-order chi connectivity index (χ0) is 25.1. The van der Waals surface area contributed by atoms with Gasteiger partial charge in [-0.15, -0.1) is 0 Å². The second kappa shape index (κ2) is 10.6. The molecule has 0 radical (unpaired) electrons. The van der Waals surface area contributed by atoms with E-state index in [1.165, 1.54) is 0 Å². The molecule has 1 aromatic carbocycles. The van der Waals surface area contributed by atoms with Crippen molar-refractivity contribution in [1.29, 1.82) is 0 Å². The quantitative estimate of drug-likeness (QED) is 0.415. The number of carbonyl (C=O) groups is 1. The first kappa shape index (κ1) is 24.1. The Hall–Kier alpha value is -3.62. The summed E-state index contributed by atoms with van der Waals surface area (Å²) in [6.45, 7) is 5.50. The van der Waals surface area contributed by atoms with E-state index in [-0.39, 0.29) is 5.91 Å². The number of anilines is 1. The summed E-state index contributed by atoms with van der Waals surface area (Å²) in [6.07, 6.45) is 2.81. The van der Waals surface area contributed by atoms with Crippen LogP contribution in [0.5, 0.6) is 0 Å². The van der Waals surface area contributed by atoms with Gasteiger partial charge in [0, 0.05) is 55.3 Å². The number of aromatic nitrogens is 3. The first-order chi connectivity index (χ1) is 17.5. The van der Waals surface area contributed by atoms with Gasteiger partial charge in [-0.1, -0.05) is 29.5 Å². The predicted molar refractivity (Wildman–Crippen MR) is 146 cm³/mol. The molecule has 0 unspecified atom stereocenters. The molecule has 4 aromatic rings. The third-order valence-corrected chi connectivity index (χ3v) is 7.53. The summed E-state index contributed by atoms with van der Waals surface area (Å²) in [7, 11) is 3.98. The van der Waals surface area contributed by atoms with Crippen LogP contribution in [0, 0.1) is 6.92 Å². The summed E-state index contributed by atoms with van der Waals surface area (Å²) in [5.74, 6) is 0.0934. The van der Waals surface area contributed by atoms with Crippen LogP contribution in [-0.2, 0) is 0 Å². The number of thiazole rings is 1. The highest BCUT2D eigenvalue weighted by molar-refractivity contribution is 7.19. The van der Waals surface area contributed by atoms with Gasteiger partial charge in [0.2, 0.25) is 0 Å². The SMILES string of the molecule is CNc1nc(-c2ccnc(-c3ccc(C(=O)N4CCCN(C)CC4)cc3)c2)c(-c2cccc(C)n2)s1. The van der Waals surface area contributed by atoms with Crippen LogP contribution in [0.4, 0.5) is 5.13 Å². The standard InChI is InChI=1S/C28H30N6OS/c1-19-6-4-7-23(31-19)26-25(32-28(29-2)36-26)22-12-13-30-24(18-22)20-8-10-21(11-9-20)27(35)34-15-5-14-33(3)16-17-34/h4,6-13,18H,5,14-17H2,1-3H3,(H,29,32). The van der Waals surface area contributed by atoms with Crippen molar-refractivity contribution in [3.05, 3.63) is 72.1 Å². The number of pyridine rings is 2. The maximum absolute atomic E-state index is 13.0.